The largest absolute Gasteiger partial charge is 0.490 e. The molecule has 1 aromatic heterocycles. The summed E-state index contributed by atoms with van der Waals surface area (Å²) in [4.78, 5) is 20.5. The Kier molecular flexibility index (Phi) is 7.15. The zero-order chi connectivity index (χ0) is 20.9. The van der Waals surface area contributed by atoms with E-state index in [9.17, 15) is 4.79 Å². The average Bonchev–Trinajstić information content (AvgIpc) is 3.27. The van der Waals surface area contributed by atoms with Crippen LogP contribution < -0.4 is 15.0 Å². The highest BCUT2D eigenvalue weighted by Crippen LogP contribution is 2.40. The number of hydrogen-bond donors (Lipinski definition) is 1. The molecule has 0 unspecified atom stereocenters. The van der Waals surface area contributed by atoms with Crippen LogP contribution in [0.5, 0.6) is 5.75 Å². The number of carbonyl (C=O) groups excluding carboxylic acids is 1. The van der Waals surface area contributed by atoms with Gasteiger partial charge in [0.1, 0.15) is 12.4 Å². The molecule has 162 valence electrons. The lowest BCUT2D eigenvalue weighted by atomic mass is 10.2. The van der Waals surface area contributed by atoms with Gasteiger partial charge in [-0.05, 0) is 49.8 Å². The van der Waals surface area contributed by atoms with Gasteiger partial charge >= 0.3 is 0 Å². The molecule has 2 aromatic rings. The fraction of sp³-hybridized carbons (Fsp3) is 0.500. The summed E-state index contributed by atoms with van der Waals surface area (Å²) in [7, 11) is 0. The highest BCUT2D eigenvalue weighted by molar-refractivity contribution is 7.18. The molecule has 0 bridgehead atoms. The van der Waals surface area contributed by atoms with Gasteiger partial charge in [0.25, 0.3) is 5.91 Å². The zero-order valence-electron chi connectivity index (χ0n) is 17.4. The Morgan fingerprint density at radius 3 is 2.73 bits per heavy atom. The number of likely N-dealkylation sites (N-methyl/N-ethyl adjacent to an activating group) is 1. The van der Waals surface area contributed by atoms with Gasteiger partial charge in [0, 0.05) is 37.7 Å². The molecule has 2 aliphatic heterocycles. The number of anilines is 2. The highest BCUT2D eigenvalue weighted by atomic mass is 35.5. The van der Waals surface area contributed by atoms with Gasteiger partial charge in [-0.2, -0.15) is 0 Å². The third-order valence-corrected chi connectivity index (χ3v) is 7.06. The Bertz CT molecular complexity index is 867. The average molecular weight is 449 g/mol. The molecule has 0 spiro atoms. The fourth-order valence-corrected chi connectivity index (χ4v) is 5.06. The predicted octanol–water partition coefficient (Wildman–Crippen LogP) is 3.69. The van der Waals surface area contributed by atoms with Crippen molar-refractivity contribution < 1.29 is 9.53 Å². The number of carbonyl (C=O) groups is 1. The molecule has 30 heavy (non-hydrogen) atoms. The van der Waals surface area contributed by atoms with Crippen molar-refractivity contribution in [3.63, 3.8) is 0 Å². The van der Waals surface area contributed by atoms with Crippen LogP contribution in [0.3, 0.4) is 0 Å². The molecule has 8 heteroatoms. The van der Waals surface area contributed by atoms with E-state index in [1.807, 2.05) is 30.3 Å². The van der Waals surface area contributed by atoms with E-state index < -0.39 is 0 Å². The maximum atomic E-state index is 12.6. The SMILES string of the molecule is CCN1CCN(CCCNC(=O)c2ccc(N3CCOc4ccc(Cl)cc43)s2)CC1. The fourth-order valence-electron chi connectivity index (χ4n) is 3.94. The quantitative estimate of drug-likeness (QED) is 0.654. The molecule has 1 N–H and O–H groups in total. The number of halogens is 1. The molecule has 2 aliphatic rings. The van der Waals surface area contributed by atoms with E-state index in [1.165, 1.54) is 11.3 Å². The van der Waals surface area contributed by atoms with Crippen LogP contribution in [0, 0.1) is 0 Å². The van der Waals surface area contributed by atoms with Crippen molar-refractivity contribution in [2.75, 3.05) is 63.9 Å². The summed E-state index contributed by atoms with van der Waals surface area (Å²) in [6, 6.07) is 9.55. The first-order valence-corrected chi connectivity index (χ1v) is 11.9. The second-order valence-electron chi connectivity index (χ2n) is 7.64. The van der Waals surface area contributed by atoms with Gasteiger partial charge in [-0.1, -0.05) is 18.5 Å². The lowest BCUT2D eigenvalue weighted by Crippen LogP contribution is -2.46. The third kappa shape index (κ3) is 5.09. The molecule has 1 amide bonds. The standard InChI is InChI=1S/C22H29ClN4O2S/c1-2-25-10-12-26(13-11-25)9-3-8-24-22(28)20-6-7-21(30-20)27-14-15-29-19-5-4-17(23)16-18(19)27/h4-7,16H,2-3,8-15H2,1H3,(H,24,28). The molecule has 1 fully saturated rings. The van der Waals surface area contributed by atoms with Gasteiger partial charge in [-0.25, -0.2) is 0 Å². The normalized spacial score (nSPS) is 17.5. The van der Waals surface area contributed by atoms with Crippen LogP contribution in [0.1, 0.15) is 23.0 Å². The summed E-state index contributed by atoms with van der Waals surface area (Å²) in [5.41, 5.74) is 0.950. The van der Waals surface area contributed by atoms with Crippen LogP contribution in [0.25, 0.3) is 0 Å². The minimum Gasteiger partial charge on any atom is -0.490 e. The predicted molar refractivity (Wildman–Crippen MR) is 124 cm³/mol. The molecule has 1 saturated heterocycles. The van der Waals surface area contributed by atoms with E-state index in [4.69, 9.17) is 16.3 Å². The lowest BCUT2D eigenvalue weighted by molar-refractivity contribution is 0.0952. The van der Waals surface area contributed by atoms with Crippen molar-refractivity contribution in [2.45, 2.75) is 13.3 Å². The topological polar surface area (TPSA) is 48.0 Å². The highest BCUT2D eigenvalue weighted by Gasteiger charge is 2.22. The van der Waals surface area contributed by atoms with E-state index in [-0.39, 0.29) is 5.91 Å². The van der Waals surface area contributed by atoms with Crippen molar-refractivity contribution >= 4 is 39.5 Å². The van der Waals surface area contributed by atoms with Crippen LogP contribution in [0.2, 0.25) is 5.02 Å². The summed E-state index contributed by atoms with van der Waals surface area (Å²) in [6.07, 6.45) is 0.978. The van der Waals surface area contributed by atoms with Gasteiger partial charge in [0.05, 0.1) is 22.1 Å². The summed E-state index contributed by atoms with van der Waals surface area (Å²) in [6.45, 7) is 11.0. The Morgan fingerprint density at radius 1 is 1.13 bits per heavy atom. The molecule has 1 aromatic carbocycles. The lowest BCUT2D eigenvalue weighted by Gasteiger charge is -2.33. The smallest absolute Gasteiger partial charge is 0.261 e. The van der Waals surface area contributed by atoms with Crippen LogP contribution >= 0.6 is 22.9 Å². The van der Waals surface area contributed by atoms with Gasteiger partial charge in [0.15, 0.2) is 0 Å². The number of hydrogen-bond acceptors (Lipinski definition) is 6. The number of amides is 1. The van der Waals surface area contributed by atoms with E-state index in [2.05, 4.69) is 26.9 Å². The van der Waals surface area contributed by atoms with Crippen LogP contribution in [-0.4, -0.2) is 74.7 Å². The second-order valence-corrected chi connectivity index (χ2v) is 9.13. The molecule has 0 saturated carbocycles. The van der Waals surface area contributed by atoms with Crippen molar-refractivity contribution in [1.29, 1.82) is 0 Å². The van der Waals surface area contributed by atoms with E-state index >= 15 is 0 Å². The van der Waals surface area contributed by atoms with Crippen molar-refractivity contribution in [3.05, 3.63) is 40.2 Å². The summed E-state index contributed by atoms with van der Waals surface area (Å²) in [5.74, 6) is 0.825. The number of fused-ring (bicyclic) bond motifs is 1. The summed E-state index contributed by atoms with van der Waals surface area (Å²) in [5, 5.41) is 4.78. The summed E-state index contributed by atoms with van der Waals surface area (Å²) >= 11 is 7.68. The van der Waals surface area contributed by atoms with Gasteiger partial charge in [-0.15, -0.1) is 11.3 Å². The Balaban J connectivity index is 1.27. The molecule has 0 radical (unpaired) electrons. The molecule has 6 nitrogen and oxygen atoms in total. The summed E-state index contributed by atoms with van der Waals surface area (Å²) < 4.78 is 5.73. The third-order valence-electron chi connectivity index (χ3n) is 5.71. The molecule has 0 atom stereocenters. The zero-order valence-corrected chi connectivity index (χ0v) is 19.0. The van der Waals surface area contributed by atoms with Crippen molar-refractivity contribution in [3.8, 4) is 5.75 Å². The van der Waals surface area contributed by atoms with Crippen molar-refractivity contribution in [1.82, 2.24) is 15.1 Å². The molecule has 0 aliphatic carbocycles. The molecular weight excluding hydrogens is 420 g/mol. The number of nitrogens with zero attached hydrogens (tertiary/aromatic N) is 3. The Hall–Kier alpha value is -1.80. The first-order valence-electron chi connectivity index (χ1n) is 10.7. The Morgan fingerprint density at radius 2 is 1.93 bits per heavy atom. The number of piperazine rings is 1. The van der Waals surface area contributed by atoms with E-state index in [0.29, 0.717) is 18.2 Å². The minimum absolute atomic E-state index is 0.00151. The number of thiophene rings is 1. The molecule has 3 heterocycles. The first kappa shape index (κ1) is 21.4. The number of nitrogens with one attached hydrogen (secondary N) is 1. The number of benzene rings is 1. The minimum atomic E-state index is 0.00151. The van der Waals surface area contributed by atoms with Gasteiger partial charge in [0.2, 0.25) is 0 Å². The number of ether oxygens (including phenoxy) is 1. The van der Waals surface area contributed by atoms with E-state index in [0.717, 1.165) is 73.5 Å². The van der Waals surface area contributed by atoms with Crippen molar-refractivity contribution in [2.24, 2.45) is 0 Å². The van der Waals surface area contributed by atoms with E-state index in [1.54, 1.807) is 0 Å². The molecule has 4 rings (SSSR count). The molecular formula is C22H29ClN4O2S. The number of rotatable bonds is 7. The van der Waals surface area contributed by atoms with Crippen LogP contribution in [0.15, 0.2) is 30.3 Å². The maximum absolute atomic E-state index is 12.6. The second kappa shape index (κ2) is 10.0. The first-order chi connectivity index (χ1) is 14.6. The monoisotopic (exact) mass is 448 g/mol. The maximum Gasteiger partial charge on any atom is 0.261 e. The van der Waals surface area contributed by atoms with Crippen LogP contribution in [-0.2, 0) is 0 Å². The van der Waals surface area contributed by atoms with Crippen LogP contribution in [0.4, 0.5) is 10.7 Å². The Labute approximate surface area is 187 Å². The van der Waals surface area contributed by atoms with Gasteiger partial charge in [-0.3, -0.25) is 4.79 Å². The van der Waals surface area contributed by atoms with Gasteiger partial charge < -0.3 is 24.8 Å².